The first kappa shape index (κ1) is 22.5. The quantitative estimate of drug-likeness (QED) is 0.324. The van der Waals surface area contributed by atoms with Gasteiger partial charge in [-0.2, -0.15) is 5.10 Å². The second-order valence-corrected chi connectivity index (χ2v) is 6.79. The number of hydrogen-bond acceptors (Lipinski definition) is 4. The number of guanidine groups is 1. The Hall–Kier alpha value is -1.81. The molecule has 1 aliphatic carbocycles. The summed E-state index contributed by atoms with van der Waals surface area (Å²) in [5.41, 5.74) is 1.89. The van der Waals surface area contributed by atoms with Crippen LogP contribution in [0.5, 0.6) is 5.75 Å². The molecule has 1 saturated carbocycles. The maximum Gasteiger partial charge on any atom is 0.191 e. The fraction of sp³-hybridized carbons (Fsp3) is 0.500. The molecular weight excluding hydrogens is 469 g/mol. The molecule has 0 atom stereocenters. The number of halogens is 1. The highest BCUT2D eigenvalue weighted by Crippen LogP contribution is 2.18. The molecule has 0 radical (unpaired) electrons. The van der Waals surface area contributed by atoms with E-state index in [0.29, 0.717) is 12.6 Å². The van der Waals surface area contributed by atoms with Gasteiger partial charge in [0.25, 0.3) is 0 Å². The van der Waals surface area contributed by atoms with Gasteiger partial charge in [0.05, 0.1) is 31.1 Å². The summed E-state index contributed by atoms with van der Waals surface area (Å²) in [6.07, 6.45) is 5.43. The van der Waals surface area contributed by atoms with E-state index in [1.54, 1.807) is 7.11 Å². The van der Waals surface area contributed by atoms with E-state index in [9.17, 15) is 5.11 Å². The number of aliphatic hydroxyl groups is 1. The Labute approximate surface area is 183 Å². The third-order valence-electron chi connectivity index (χ3n) is 4.76. The Morgan fingerprint density at radius 3 is 2.57 bits per heavy atom. The highest BCUT2D eigenvalue weighted by Gasteiger charge is 2.19. The van der Waals surface area contributed by atoms with Crippen LogP contribution >= 0.6 is 24.0 Å². The van der Waals surface area contributed by atoms with Crippen molar-refractivity contribution >= 4 is 29.9 Å². The molecule has 1 aromatic carbocycles. The molecule has 0 spiro atoms. The van der Waals surface area contributed by atoms with E-state index >= 15 is 0 Å². The lowest BCUT2D eigenvalue weighted by Gasteiger charge is -2.27. The highest BCUT2D eigenvalue weighted by molar-refractivity contribution is 14.0. The number of methoxy groups -OCH3 is 1. The topological polar surface area (TPSA) is 83.7 Å². The van der Waals surface area contributed by atoms with E-state index in [4.69, 9.17) is 4.74 Å². The predicted molar refractivity (Wildman–Crippen MR) is 122 cm³/mol. The van der Waals surface area contributed by atoms with Crippen LogP contribution in [-0.2, 0) is 6.54 Å². The van der Waals surface area contributed by atoms with Gasteiger partial charge < -0.3 is 20.5 Å². The molecule has 0 bridgehead atoms. The van der Waals surface area contributed by atoms with Crippen LogP contribution in [0.4, 0.5) is 0 Å². The van der Waals surface area contributed by atoms with E-state index in [2.05, 4.69) is 27.6 Å². The summed E-state index contributed by atoms with van der Waals surface area (Å²) in [7, 11) is 1.66. The number of nitrogens with one attached hydrogen (secondary N) is 2. The first-order chi connectivity index (χ1) is 13.2. The summed E-state index contributed by atoms with van der Waals surface area (Å²) in [5, 5.41) is 21.0. The lowest BCUT2D eigenvalue weighted by Crippen LogP contribution is -2.45. The Bertz CT molecular complexity index is 739. The summed E-state index contributed by atoms with van der Waals surface area (Å²) in [5.74, 6) is 1.63. The van der Waals surface area contributed by atoms with Gasteiger partial charge in [0.2, 0.25) is 0 Å². The molecule has 28 heavy (non-hydrogen) atoms. The number of benzene rings is 1. The number of aromatic nitrogens is 2. The zero-order chi connectivity index (χ0) is 19.1. The maximum absolute atomic E-state index is 9.65. The molecule has 1 fully saturated rings. The average molecular weight is 499 g/mol. The van der Waals surface area contributed by atoms with Crippen molar-refractivity contribution < 1.29 is 9.84 Å². The van der Waals surface area contributed by atoms with Gasteiger partial charge in [-0.25, -0.2) is 9.67 Å². The normalized spacial score (nSPS) is 19.6. The lowest BCUT2D eigenvalue weighted by atomic mass is 9.93. The van der Waals surface area contributed by atoms with Crippen molar-refractivity contribution in [2.75, 3.05) is 13.7 Å². The number of aliphatic imine (C=N–C) groups is 1. The summed E-state index contributed by atoms with van der Waals surface area (Å²) in [6, 6.07) is 10.1. The number of rotatable bonds is 6. The summed E-state index contributed by atoms with van der Waals surface area (Å²) in [6.45, 7) is 3.37. The largest absolute Gasteiger partial charge is 0.497 e. The number of hydrogen-bond donors (Lipinski definition) is 3. The molecule has 1 aliphatic rings. The molecule has 0 unspecified atom stereocenters. The molecule has 7 nitrogen and oxygen atoms in total. The summed E-state index contributed by atoms with van der Waals surface area (Å²) in [4.78, 5) is 4.67. The Balaban J connectivity index is 0.00000280. The van der Waals surface area contributed by atoms with E-state index in [-0.39, 0.29) is 30.1 Å². The van der Waals surface area contributed by atoms with Crippen molar-refractivity contribution in [3.63, 3.8) is 0 Å². The number of ether oxygens (including phenoxy) is 1. The fourth-order valence-corrected chi connectivity index (χ4v) is 3.22. The molecule has 1 aromatic heterocycles. The molecule has 0 saturated heterocycles. The third-order valence-corrected chi connectivity index (χ3v) is 4.76. The Morgan fingerprint density at radius 1 is 1.21 bits per heavy atom. The zero-order valence-corrected chi connectivity index (χ0v) is 18.8. The van der Waals surface area contributed by atoms with Crippen molar-refractivity contribution in [3.05, 3.63) is 42.2 Å². The maximum atomic E-state index is 9.65. The standard InChI is InChI=1S/C20H29N5O2.HI/c1-3-21-20(23-15-4-8-18(26)9-5-15)22-14-16-12-13-25(24-16)17-6-10-19(27-2)11-7-17;/h6-7,10-13,15,18,26H,3-5,8-9,14H2,1-2H3,(H2,21,22,23);1H. The first-order valence-corrected chi connectivity index (χ1v) is 9.60. The van der Waals surface area contributed by atoms with E-state index in [1.165, 1.54) is 0 Å². The van der Waals surface area contributed by atoms with Gasteiger partial charge in [-0.15, -0.1) is 24.0 Å². The minimum absolute atomic E-state index is 0. The van der Waals surface area contributed by atoms with Crippen molar-refractivity contribution in [3.8, 4) is 11.4 Å². The molecule has 2 aromatic rings. The second kappa shape index (κ2) is 11.3. The van der Waals surface area contributed by atoms with Crippen molar-refractivity contribution in [1.82, 2.24) is 20.4 Å². The van der Waals surface area contributed by atoms with Crippen molar-refractivity contribution in [2.24, 2.45) is 4.99 Å². The Kier molecular flexibility index (Phi) is 9.04. The van der Waals surface area contributed by atoms with Crippen LogP contribution in [0.3, 0.4) is 0 Å². The van der Waals surface area contributed by atoms with Crippen molar-refractivity contribution in [1.29, 1.82) is 0 Å². The molecule has 0 aliphatic heterocycles. The first-order valence-electron chi connectivity index (χ1n) is 9.60. The van der Waals surface area contributed by atoms with Gasteiger partial charge in [-0.05, 0) is 62.9 Å². The second-order valence-electron chi connectivity index (χ2n) is 6.79. The highest BCUT2D eigenvalue weighted by atomic mass is 127. The van der Waals surface area contributed by atoms with Gasteiger partial charge in [-0.1, -0.05) is 0 Å². The minimum Gasteiger partial charge on any atom is -0.497 e. The summed E-state index contributed by atoms with van der Waals surface area (Å²) >= 11 is 0. The molecule has 3 rings (SSSR count). The van der Waals surface area contributed by atoms with Crippen LogP contribution in [0.2, 0.25) is 0 Å². The SMILES string of the molecule is CCNC(=NCc1ccn(-c2ccc(OC)cc2)n1)NC1CCC(O)CC1.I. The van der Waals surface area contributed by atoms with Gasteiger partial charge in [0, 0.05) is 18.8 Å². The van der Waals surface area contributed by atoms with Gasteiger partial charge >= 0.3 is 0 Å². The third kappa shape index (κ3) is 6.37. The molecule has 1 heterocycles. The van der Waals surface area contributed by atoms with Gasteiger partial charge in [0.1, 0.15) is 5.75 Å². The molecular formula is C20H30IN5O2. The van der Waals surface area contributed by atoms with Crippen molar-refractivity contribution in [2.45, 2.75) is 51.3 Å². The lowest BCUT2D eigenvalue weighted by molar-refractivity contribution is 0.120. The average Bonchev–Trinajstić information content (AvgIpc) is 3.17. The van der Waals surface area contributed by atoms with E-state index in [1.807, 2.05) is 41.2 Å². The van der Waals surface area contributed by atoms with Crippen LogP contribution in [0.1, 0.15) is 38.3 Å². The molecule has 8 heteroatoms. The predicted octanol–water partition coefficient (Wildman–Crippen LogP) is 2.86. The van der Waals surface area contributed by atoms with E-state index < -0.39 is 0 Å². The van der Waals surface area contributed by atoms with Crippen LogP contribution < -0.4 is 15.4 Å². The van der Waals surface area contributed by atoms with E-state index in [0.717, 1.165) is 55.3 Å². The zero-order valence-electron chi connectivity index (χ0n) is 16.5. The molecule has 154 valence electrons. The monoisotopic (exact) mass is 499 g/mol. The smallest absolute Gasteiger partial charge is 0.191 e. The molecule has 3 N–H and O–H groups in total. The van der Waals surface area contributed by atoms with Crippen LogP contribution in [0.25, 0.3) is 5.69 Å². The Morgan fingerprint density at radius 2 is 1.93 bits per heavy atom. The minimum atomic E-state index is -0.149. The van der Waals surface area contributed by atoms with Gasteiger partial charge in [-0.3, -0.25) is 0 Å². The fourth-order valence-electron chi connectivity index (χ4n) is 3.22. The van der Waals surface area contributed by atoms with Crippen LogP contribution in [-0.4, -0.2) is 46.6 Å². The van der Waals surface area contributed by atoms with Crippen LogP contribution in [0, 0.1) is 0 Å². The number of nitrogens with zero attached hydrogens (tertiary/aromatic N) is 3. The summed E-state index contributed by atoms with van der Waals surface area (Å²) < 4.78 is 7.03. The van der Waals surface area contributed by atoms with Crippen LogP contribution in [0.15, 0.2) is 41.5 Å². The van der Waals surface area contributed by atoms with Gasteiger partial charge in [0.15, 0.2) is 5.96 Å². The number of aliphatic hydroxyl groups excluding tert-OH is 1. The molecule has 0 amide bonds.